The molecule has 0 aliphatic carbocycles. The van der Waals surface area contributed by atoms with Gasteiger partial charge in [0.25, 0.3) is 0 Å². The first-order chi connectivity index (χ1) is 11.3. The molecule has 0 amide bonds. The van der Waals surface area contributed by atoms with Crippen molar-refractivity contribution < 1.29 is 0 Å². The Morgan fingerprint density at radius 3 is 2.54 bits per heavy atom. The summed E-state index contributed by atoms with van der Waals surface area (Å²) in [6.45, 7) is 1.38. The molecule has 11 heteroatoms. The average Bonchev–Trinajstić information content (AvgIpc) is 2.90. The Hall–Kier alpha value is -1.54. The molecule has 1 aliphatic rings. The molecular formula is C13H15B3ClN7. The maximum absolute atomic E-state index is 6.16. The summed E-state index contributed by atoms with van der Waals surface area (Å²) in [5, 5.41) is 7.63. The second-order valence-corrected chi connectivity index (χ2v) is 6.42. The number of piperidine rings is 1. The summed E-state index contributed by atoms with van der Waals surface area (Å²) in [5.41, 5.74) is 6.11. The second-order valence-electron chi connectivity index (χ2n) is 6.01. The molecule has 2 aromatic rings. The van der Waals surface area contributed by atoms with Crippen LogP contribution in [0.3, 0.4) is 0 Å². The fourth-order valence-electron chi connectivity index (χ4n) is 2.97. The number of nitrogens with zero attached hydrogens (tertiary/aromatic N) is 6. The molecule has 0 saturated carbocycles. The lowest BCUT2D eigenvalue weighted by molar-refractivity contribution is 0.206. The van der Waals surface area contributed by atoms with Crippen LogP contribution in [0.4, 0.5) is 5.95 Å². The minimum Gasteiger partial charge on any atom is -0.368 e. The summed E-state index contributed by atoms with van der Waals surface area (Å²) >= 11 is 6.16. The molecule has 24 heavy (non-hydrogen) atoms. The third-order valence-corrected chi connectivity index (χ3v) is 4.57. The van der Waals surface area contributed by atoms with Crippen LogP contribution < -0.4 is 5.73 Å². The molecule has 0 aromatic carbocycles. The minimum absolute atomic E-state index is 0.137. The summed E-state index contributed by atoms with van der Waals surface area (Å²) in [5.74, 6) is 1.78. The van der Waals surface area contributed by atoms with Gasteiger partial charge in [-0.3, -0.25) is 0 Å². The molecule has 1 saturated heterocycles. The number of rotatable bonds is 3. The van der Waals surface area contributed by atoms with Crippen molar-refractivity contribution in [2.75, 3.05) is 18.8 Å². The summed E-state index contributed by atoms with van der Waals surface area (Å²) in [6, 6.07) is 0. The lowest BCUT2D eigenvalue weighted by atomic mass is 9.48. The van der Waals surface area contributed by atoms with E-state index in [2.05, 4.69) is 20.2 Å². The van der Waals surface area contributed by atoms with Gasteiger partial charge in [-0.25, -0.2) is 9.97 Å². The highest BCUT2D eigenvalue weighted by molar-refractivity contribution is 6.59. The molecule has 0 unspecified atom stereocenters. The summed E-state index contributed by atoms with van der Waals surface area (Å²) < 4.78 is 1.88. The van der Waals surface area contributed by atoms with Gasteiger partial charge in [0.2, 0.25) is 5.95 Å². The summed E-state index contributed by atoms with van der Waals surface area (Å²) in [4.78, 5) is 9.87. The normalized spacial score (nSPS) is 17.2. The maximum Gasteiger partial charge on any atom is 0.220 e. The fourth-order valence-corrected chi connectivity index (χ4v) is 3.14. The van der Waals surface area contributed by atoms with Gasteiger partial charge in [-0.05, 0) is 25.9 Å². The average molecular weight is 337 g/mol. The largest absolute Gasteiger partial charge is 0.368 e. The predicted octanol–water partition coefficient (Wildman–Crippen LogP) is -0.196. The Morgan fingerprint density at radius 2 is 1.92 bits per heavy atom. The van der Waals surface area contributed by atoms with E-state index in [-0.39, 0.29) is 11.9 Å². The molecular weight excluding hydrogens is 322 g/mol. The number of anilines is 1. The van der Waals surface area contributed by atoms with E-state index in [0.717, 1.165) is 18.7 Å². The Balaban J connectivity index is 1.83. The number of nitrogens with two attached hydrogens (primary N) is 1. The van der Waals surface area contributed by atoms with Crippen molar-refractivity contribution in [3.8, 4) is 11.5 Å². The molecule has 0 bridgehead atoms. The van der Waals surface area contributed by atoms with E-state index >= 15 is 0 Å². The molecule has 3 rings (SSSR count). The van der Waals surface area contributed by atoms with Gasteiger partial charge < -0.3 is 15.2 Å². The van der Waals surface area contributed by atoms with Crippen molar-refractivity contribution in [1.29, 1.82) is 0 Å². The van der Waals surface area contributed by atoms with Crippen LogP contribution in [0, 0.1) is 0 Å². The van der Waals surface area contributed by atoms with Crippen molar-refractivity contribution in [1.82, 2.24) is 29.6 Å². The Kier molecular flexibility index (Phi) is 4.61. The molecule has 7 nitrogen and oxygen atoms in total. The van der Waals surface area contributed by atoms with Crippen LogP contribution in [0.5, 0.6) is 0 Å². The number of aromatic nitrogens is 5. The molecule has 1 aliphatic heterocycles. The lowest BCUT2D eigenvalue weighted by Gasteiger charge is -2.42. The van der Waals surface area contributed by atoms with E-state index in [0.29, 0.717) is 29.6 Å². The summed E-state index contributed by atoms with van der Waals surface area (Å²) in [7, 11) is 19.1. The van der Waals surface area contributed by atoms with Crippen molar-refractivity contribution >= 4 is 41.1 Å². The van der Waals surface area contributed by atoms with E-state index < -0.39 is 5.24 Å². The zero-order valence-electron chi connectivity index (χ0n) is 13.4. The Labute approximate surface area is 149 Å². The molecule has 1 fully saturated rings. The molecule has 2 N–H and O–H groups in total. The minimum atomic E-state index is -1.29. The number of likely N-dealkylation sites (tertiary alicyclic amines) is 1. The topological polar surface area (TPSA) is 85.8 Å². The van der Waals surface area contributed by atoms with Gasteiger partial charge in [0.1, 0.15) is 11.5 Å². The number of nitrogen functional groups attached to an aromatic ring is 1. The number of halogens is 1. The van der Waals surface area contributed by atoms with Crippen LogP contribution in [0.25, 0.3) is 11.5 Å². The Bertz CT molecular complexity index is 738. The van der Waals surface area contributed by atoms with Gasteiger partial charge in [0.05, 0.1) is 34.8 Å². The highest BCUT2D eigenvalue weighted by atomic mass is 35.5. The molecule has 0 atom stereocenters. The monoisotopic (exact) mass is 337 g/mol. The SMILES string of the molecule is [B]C([B])([B])N1CCC(c2nnc(-c3nc(N)ncc3Cl)n2C)CC1. The van der Waals surface area contributed by atoms with E-state index in [9.17, 15) is 0 Å². The van der Waals surface area contributed by atoms with E-state index in [1.54, 1.807) is 0 Å². The smallest absolute Gasteiger partial charge is 0.220 e. The predicted molar refractivity (Wildman–Crippen MR) is 95.0 cm³/mol. The van der Waals surface area contributed by atoms with Gasteiger partial charge in [-0.15, -0.1) is 10.2 Å². The van der Waals surface area contributed by atoms with Crippen LogP contribution in [0.1, 0.15) is 24.6 Å². The van der Waals surface area contributed by atoms with Crippen LogP contribution in [0.15, 0.2) is 6.20 Å². The van der Waals surface area contributed by atoms with Gasteiger partial charge in [-0.1, -0.05) is 16.8 Å². The zero-order valence-corrected chi connectivity index (χ0v) is 14.1. The highest BCUT2D eigenvalue weighted by Gasteiger charge is 2.29. The maximum atomic E-state index is 6.16. The lowest BCUT2D eigenvalue weighted by Crippen LogP contribution is -2.53. The first kappa shape index (κ1) is 17.3. The molecule has 0 spiro atoms. The fraction of sp³-hybridized carbons (Fsp3) is 0.538. The Morgan fingerprint density at radius 1 is 1.25 bits per heavy atom. The third-order valence-electron chi connectivity index (χ3n) is 4.29. The van der Waals surface area contributed by atoms with Crippen LogP contribution in [0.2, 0.25) is 5.02 Å². The van der Waals surface area contributed by atoms with Gasteiger partial charge in [0, 0.05) is 13.0 Å². The van der Waals surface area contributed by atoms with Crippen molar-refractivity contribution in [2.45, 2.75) is 24.0 Å². The van der Waals surface area contributed by atoms with Crippen LogP contribution in [-0.4, -0.2) is 71.5 Å². The number of hydrogen-bond donors (Lipinski definition) is 1. The van der Waals surface area contributed by atoms with Crippen LogP contribution >= 0.6 is 11.6 Å². The van der Waals surface area contributed by atoms with E-state index in [1.165, 1.54) is 6.20 Å². The number of hydrogen-bond acceptors (Lipinski definition) is 6. The van der Waals surface area contributed by atoms with Gasteiger partial charge in [0.15, 0.2) is 5.82 Å². The van der Waals surface area contributed by atoms with Gasteiger partial charge in [-0.2, -0.15) is 0 Å². The van der Waals surface area contributed by atoms with Gasteiger partial charge >= 0.3 is 0 Å². The third kappa shape index (κ3) is 3.30. The van der Waals surface area contributed by atoms with Crippen LogP contribution in [-0.2, 0) is 7.05 Å². The molecule has 6 radical (unpaired) electrons. The molecule has 118 valence electrons. The second kappa shape index (κ2) is 6.40. The first-order valence-electron chi connectivity index (χ1n) is 7.56. The van der Waals surface area contributed by atoms with Crippen molar-refractivity contribution in [3.05, 3.63) is 17.0 Å². The zero-order chi connectivity index (χ0) is 17.5. The quantitative estimate of drug-likeness (QED) is 0.781. The van der Waals surface area contributed by atoms with Crippen molar-refractivity contribution in [2.24, 2.45) is 7.05 Å². The summed E-state index contributed by atoms with van der Waals surface area (Å²) in [6.07, 6.45) is 3.12. The molecule has 3 heterocycles. The first-order valence-corrected chi connectivity index (χ1v) is 7.94. The highest BCUT2D eigenvalue weighted by Crippen LogP contribution is 2.31. The van der Waals surface area contributed by atoms with E-state index in [4.69, 9.17) is 40.9 Å². The van der Waals surface area contributed by atoms with Crippen molar-refractivity contribution in [3.63, 3.8) is 0 Å². The molecule has 2 aromatic heterocycles. The van der Waals surface area contributed by atoms with E-state index in [1.807, 2.05) is 16.5 Å². The standard InChI is InChI=1S/C13H15B3ClN7/c1-23-10(7-2-4-24(5-3-7)13(14,15)16)21-22-11(23)9-8(17)6-19-12(18)20-9/h6-7H,2-5H2,1H3,(H2,18,19,20).